The molecule has 0 amide bonds. The molecular formula is C9H16O2. The molecule has 0 aromatic heterocycles. The fourth-order valence-corrected chi connectivity index (χ4v) is 0.679. The number of carbonyl (C=O) groups excluding carboxylic acids is 1. The summed E-state index contributed by atoms with van der Waals surface area (Å²) in [5, 5.41) is 0. The van der Waals surface area contributed by atoms with E-state index in [-0.39, 0.29) is 5.97 Å². The Kier molecular flexibility index (Phi) is 6.79. The molecule has 0 radical (unpaired) electrons. The number of unbranched alkanes of at least 4 members (excludes halogenated alkanes) is 2. The van der Waals surface area contributed by atoms with Gasteiger partial charge in [0.15, 0.2) is 0 Å². The molecule has 0 heterocycles. The summed E-state index contributed by atoms with van der Waals surface area (Å²) in [6.45, 7) is 5.96. The maximum absolute atomic E-state index is 10.6. The lowest BCUT2D eigenvalue weighted by atomic mass is 10.2. The van der Waals surface area contributed by atoms with E-state index >= 15 is 0 Å². The maximum atomic E-state index is 10.6. The monoisotopic (exact) mass is 156 g/mol. The van der Waals surface area contributed by atoms with E-state index in [0.717, 1.165) is 19.3 Å². The predicted octanol–water partition coefficient (Wildman–Crippen LogP) is 2.30. The minimum atomic E-state index is -0.108. The molecular weight excluding hydrogens is 140 g/mol. The summed E-state index contributed by atoms with van der Waals surface area (Å²) in [6, 6.07) is 0. The third-order valence-corrected chi connectivity index (χ3v) is 1.35. The Balaban J connectivity index is 3.01. The van der Waals surface area contributed by atoms with Gasteiger partial charge in [-0.05, 0) is 19.3 Å². The molecule has 0 aliphatic rings. The van der Waals surface area contributed by atoms with Gasteiger partial charge in [-0.1, -0.05) is 13.0 Å². The molecule has 64 valence electrons. The SMILES string of the molecule is C=CCCCCOC(=O)CC. The van der Waals surface area contributed by atoms with Gasteiger partial charge in [-0.2, -0.15) is 0 Å². The first kappa shape index (κ1) is 10.2. The first-order chi connectivity index (χ1) is 5.31. The number of allylic oxidation sites excluding steroid dienone is 1. The molecule has 2 heteroatoms. The second-order valence-corrected chi connectivity index (χ2v) is 2.36. The largest absolute Gasteiger partial charge is 0.466 e. The molecule has 0 rings (SSSR count). The van der Waals surface area contributed by atoms with Gasteiger partial charge < -0.3 is 4.74 Å². The number of esters is 1. The van der Waals surface area contributed by atoms with Crippen molar-refractivity contribution < 1.29 is 9.53 Å². The van der Waals surface area contributed by atoms with E-state index in [1.54, 1.807) is 6.92 Å². The molecule has 0 unspecified atom stereocenters. The summed E-state index contributed by atoms with van der Waals surface area (Å²) < 4.78 is 4.86. The fraction of sp³-hybridized carbons (Fsp3) is 0.667. The molecule has 11 heavy (non-hydrogen) atoms. The van der Waals surface area contributed by atoms with Crippen LogP contribution in [-0.2, 0) is 9.53 Å². The van der Waals surface area contributed by atoms with Crippen LogP contribution in [0.3, 0.4) is 0 Å². The van der Waals surface area contributed by atoms with E-state index < -0.39 is 0 Å². The third-order valence-electron chi connectivity index (χ3n) is 1.35. The van der Waals surface area contributed by atoms with Crippen molar-refractivity contribution in [3.63, 3.8) is 0 Å². The Labute approximate surface area is 68.2 Å². The predicted molar refractivity (Wildman–Crippen MR) is 45.3 cm³/mol. The standard InChI is InChI=1S/C9H16O2/c1-3-5-6-7-8-11-9(10)4-2/h3H,1,4-8H2,2H3. The van der Waals surface area contributed by atoms with Crippen molar-refractivity contribution in [1.82, 2.24) is 0 Å². The summed E-state index contributed by atoms with van der Waals surface area (Å²) in [6.07, 6.45) is 5.35. The molecule has 0 atom stereocenters. The van der Waals surface area contributed by atoms with E-state index in [4.69, 9.17) is 4.74 Å². The van der Waals surface area contributed by atoms with Crippen LogP contribution in [0.15, 0.2) is 12.7 Å². The van der Waals surface area contributed by atoms with Crippen molar-refractivity contribution in [1.29, 1.82) is 0 Å². The zero-order valence-electron chi connectivity index (χ0n) is 7.14. The molecule has 0 bridgehead atoms. The first-order valence-electron chi connectivity index (χ1n) is 4.07. The fourth-order valence-electron chi connectivity index (χ4n) is 0.679. The quantitative estimate of drug-likeness (QED) is 0.335. The van der Waals surface area contributed by atoms with Gasteiger partial charge in [-0.25, -0.2) is 0 Å². The Morgan fingerprint density at radius 2 is 2.27 bits per heavy atom. The average Bonchev–Trinajstić information content (AvgIpc) is 2.04. The highest BCUT2D eigenvalue weighted by Crippen LogP contribution is 1.96. The second kappa shape index (κ2) is 7.32. The van der Waals surface area contributed by atoms with Crippen LogP contribution >= 0.6 is 0 Å². The van der Waals surface area contributed by atoms with Gasteiger partial charge in [0.25, 0.3) is 0 Å². The molecule has 0 N–H and O–H groups in total. The van der Waals surface area contributed by atoms with Gasteiger partial charge in [0.2, 0.25) is 0 Å². The van der Waals surface area contributed by atoms with Crippen LogP contribution in [0.1, 0.15) is 32.6 Å². The minimum absolute atomic E-state index is 0.108. The Morgan fingerprint density at radius 3 is 2.82 bits per heavy atom. The van der Waals surface area contributed by atoms with Crippen molar-refractivity contribution in [3.05, 3.63) is 12.7 Å². The summed E-state index contributed by atoms with van der Waals surface area (Å²) in [7, 11) is 0. The zero-order chi connectivity index (χ0) is 8.53. The van der Waals surface area contributed by atoms with Crippen molar-refractivity contribution in [2.45, 2.75) is 32.6 Å². The average molecular weight is 156 g/mol. The van der Waals surface area contributed by atoms with Crippen molar-refractivity contribution in [3.8, 4) is 0 Å². The Hall–Kier alpha value is -0.790. The van der Waals surface area contributed by atoms with Gasteiger partial charge in [0.05, 0.1) is 6.61 Å². The normalized spacial score (nSPS) is 9.18. The van der Waals surface area contributed by atoms with Crippen LogP contribution in [-0.4, -0.2) is 12.6 Å². The molecule has 0 spiro atoms. The smallest absolute Gasteiger partial charge is 0.305 e. The van der Waals surface area contributed by atoms with Gasteiger partial charge in [0.1, 0.15) is 0 Å². The van der Waals surface area contributed by atoms with Crippen molar-refractivity contribution in [2.24, 2.45) is 0 Å². The molecule has 2 nitrogen and oxygen atoms in total. The van der Waals surface area contributed by atoms with E-state index in [2.05, 4.69) is 6.58 Å². The minimum Gasteiger partial charge on any atom is -0.466 e. The first-order valence-corrected chi connectivity index (χ1v) is 4.07. The molecule has 0 aromatic carbocycles. The lowest BCUT2D eigenvalue weighted by Gasteiger charge is -2.00. The number of ether oxygens (including phenoxy) is 1. The Morgan fingerprint density at radius 1 is 1.55 bits per heavy atom. The van der Waals surface area contributed by atoms with E-state index in [1.165, 1.54) is 0 Å². The highest BCUT2D eigenvalue weighted by Gasteiger charge is 1.95. The van der Waals surface area contributed by atoms with E-state index in [1.807, 2.05) is 6.08 Å². The van der Waals surface area contributed by atoms with Crippen LogP contribution in [0.2, 0.25) is 0 Å². The lowest BCUT2D eigenvalue weighted by molar-refractivity contribution is -0.143. The van der Waals surface area contributed by atoms with E-state index in [9.17, 15) is 4.79 Å². The highest BCUT2D eigenvalue weighted by molar-refractivity contribution is 5.68. The summed E-state index contributed by atoms with van der Waals surface area (Å²) in [5.74, 6) is -0.108. The Bertz CT molecular complexity index is 119. The zero-order valence-corrected chi connectivity index (χ0v) is 7.14. The number of hydrogen-bond acceptors (Lipinski definition) is 2. The summed E-state index contributed by atoms with van der Waals surface area (Å²) in [5.41, 5.74) is 0. The van der Waals surface area contributed by atoms with Crippen LogP contribution in [0.25, 0.3) is 0 Å². The molecule has 0 saturated carbocycles. The van der Waals surface area contributed by atoms with Crippen molar-refractivity contribution >= 4 is 5.97 Å². The lowest BCUT2D eigenvalue weighted by Crippen LogP contribution is -2.03. The van der Waals surface area contributed by atoms with Crippen LogP contribution in [0.5, 0.6) is 0 Å². The molecule has 0 aromatic rings. The molecule has 0 saturated heterocycles. The summed E-state index contributed by atoms with van der Waals surface area (Å²) in [4.78, 5) is 10.6. The van der Waals surface area contributed by atoms with Crippen LogP contribution in [0, 0.1) is 0 Å². The van der Waals surface area contributed by atoms with Gasteiger partial charge >= 0.3 is 5.97 Å². The third kappa shape index (κ3) is 7.10. The van der Waals surface area contributed by atoms with Gasteiger partial charge in [-0.15, -0.1) is 6.58 Å². The van der Waals surface area contributed by atoms with Gasteiger partial charge in [-0.3, -0.25) is 4.79 Å². The van der Waals surface area contributed by atoms with Crippen molar-refractivity contribution in [2.75, 3.05) is 6.61 Å². The topological polar surface area (TPSA) is 26.3 Å². The molecule has 0 fully saturated rings. The molecule has 0 aliphatic heterocycles. The van der Waals surface area contributed by atoms with Gasteiger partial charge in [0, 0.05) is 6.42 Å². The van der Waals surface area contributed by atoms with Crippen LogP contribution in [0.4, 0.5) is 0 Å². The number of hydrogen-bond donors (Lipinski definition) is 0. The number of carbonyl (C=O) groups is 1. The highest BCUT2D eigenvalue weighted by atomic mass is 16.5. The second-order valence-electron chi connectivity index (χ2n) is 2.36. The number of rotatable bonds is 6. The summed E-state index contributed by atoms with van der Waals surface area (Å²) >= 11 is 0. The van der Waals surface area contributed by atoms with E-state index in [0.29, 0.717) is 13.0 Å². The van der Waals surface area contributed by atoms with Crippen LogP contribution < -0.4 is 0 Å². The molecule has 0 aliphatic carbocycles. The maximum Gasteiger partial charge on any atom is 0.305 e.